The molecule has 1 spiro atoms. The molecule has 0 radical (unpaired) electrons. The predicted molar refractivity (Wildman–Crippen MR) is 84.6 cm³/mol. The fourth-order valence-electron chi connectivity index (χ4n) is 3.18. The average molecular weight is 331 g/mol. The molecule has 2 aromatic heterocycles. The summed E-state index contributed by atoms with van der Waals surface area (Å²) in [7, 11) is 0. The molecule has 1 amide bonds. The summed E-state index contributed by atoms with van der Waals surface area (Å²) in [5.41, 5.74) is 0.490. The van der Waals surface area contributed by atoms with Crippen LogP contribution < -0.4 is 4.74 Å². The molecule has 2 saturated heterocycles. The molecule has 2 aliphatic rings. The first-order chi connectivity index (χ1) is 11.2. The molecule has 4 rings (SSSR count). The van der Waals surface area contributed by atoms with Crippen LogP contribution in [-0.2, 0) is 4.74 Å². The summed E-state index contributed by atoms with van der Waals surface area (Å²) >= 11 is 1.54. The lowest BCUT2D eigenvalue weighted by Crippen LogP contribution is -2.67. The molecule has 7 heteroatoms. The van der Waals surface area contributed by atoms with Gasteiger partial charge in [-0.05, 0) is 11.4 Å². The van der Waals surface area contributed by atoms with Gasteiger partial charge < -0.3 is 14.4 Å². The van der Waals surface area contributed by atoms with Crippen LogP contribution in [0.3, 0.4) is 0 Å². The lowest BCUT2D eigenvalue weighted by molar-refractivity contribution is -0.174. The zero-order chi connectivity index (χ0) is 15.7. The van der Waals surface area contributed by atoms with Gasteiger partial charge in [0.15, 0.2) is 0 Å². The standard InChI is InChI=1S/C16H17N3O3S/c20-15(12-2-6-23-9-12)19-10-16(11-19)7-13(1-5-21-16)22-14-8-17-3-4-18-14/h2-4,6,8-9,13H,1,5,7,10-11H2/t13-/m1/s1. The van der Waals surface area contributed by atoms with E-state index in [-0.39, 0.29) is 17.6 Å². The summed E-state index contributed by atoms with van der Waals surface area (Å²) in [5, 5.41) is 3.81. The maximum Gasteiger partial charge on any atom is 0.254 e. The van der Waals surface area contributed by atoms with Gasteiger partial charge in [-0.15, -0.1) is 0 Å². The summed E-state index contributed by atoms with van der Waals surface area (Å²) in [6.07, 6.45) is 6.52. The second-order valence-electron chi connectivity index (χ2n) is 5.98. The van der Waals surface area contributed by atoms with Crippen molar-refractivity contribution in [3.05, 3.63) is 41.0 Å². The molecule has 4 heterocycles. The Morgan fingerprint density at radius 2 is 2.35 bits per heavy atom. The van der Waals surface area contributed by atoms with Crippen molar-refractivity contribution in [1.82, 2.24) is 14.9 Å². The van der Waals surface area contributed by atoms with Gasteiger partial charge in [-0.2, -0.15) is 11.3 Å². The largest absolute Gasteiger partial charge is 0.473 e. The number of nitrogens with zero attached hydrogens (tertiary/aromatic N) is 3. The molecular formula is C16H17N3O3S. The van der Waals surface area contributed by atoms with Crippen LogP contribution in [0.4, 0.5) is 0 Å². The lowest BCUT2D eigenvalue weighted by Gasteiger charge is -2.52. The molecule has 6 nitrogen and oxygen atoms in total. The number of thiophene rings is 1. The highest BCUT2D eigenvalue weighted by molar-refractivity contribution is 7.08. The van der Waals surface area contributed by atoms with Crippen LogP contribution in [0.25, 0.3) is 0 Å². The third-order valence-electron chi connectivity index (χ3n) is 4.29. The van der Waals surface area contributed by atoms with Crippen molar-refractivity contribution in [3.63, 3.8) is 0 Å². The highest BCUT2D eigenvalue weighted by atomic mass is 32.1. The molecule has 0 aliphatic carbocycles. The van der Waals surface area contributed by atoms with E-state index in [1.54, 1.807) is 18.6 Å². The smallest absolute Gasteiger partial charge is 0.254 e. The molecule has 23 heavy (non-hydrogen) atoms. The molecule has 2 aromatic rings. The number of carbonyl (C=O) groups is 1. The maximum absolute atomic E-state index is 12.3. The Bertz CT molecular complexity index is 671. The summed E-state index contributed by atoms with van der Waals surface area (Å²) in [5.74, 6) is 0.623. The van der Waals surface area contributed by atoms with Gasteiger partial charge in [-0.3, -0.25) is 9.78 Å². The Kier molecular flexibility index (Phi) is 3.74. The van der Waals surface area contributed by atoms with E-state index in [0.717, 1.165) is 18.4 Å². The molecule has 0 N–H and O–H groups in total. The zero-order valence-electron chi connectivity index (χ0n) is 12.6. The van der Waals surface area contributed by atoms with Crippen LogP contribution >= 0.6 is 11.3 Å². The van der Waals surface area contributed by atoms with Crippen molar-refractivity contribution in [2.75, 3.05) is 19.7 Å². The van der Waals surface area contributed by atoms with Gasteiger partial charge in [0.25, 0.3) is 5.91 Å². The van der Waals surface area contributed by atoms with E-state index >= 15 is 0 Å². The first kappa shape index (κ1) is 14.6. The SMILES string of the molecule is O=C(c1ccsc1)N1CC2(C[C@H](Oc3cnccn3)CCO2)C1. The van der Waals surface area contributed by atoms with Crippen LogP contribution in [0, 0.1) is 0 Å². The Labute approximate surface area is 138 Å². The van der Waals surface area contributed by atoms with Gasteiger partial charge in [-0.1, -0.05) is 0 Å². The zero-order valence-corrected chi connectivity index (χ0v) is 13.4. The number of hydrogen-bond acceptors (Lipinski definition) is 6. The van der Waals surface area contributed by atoms with Crippen LogP contribution in [0.1, 0.15) is 23.2 Å². The topological polar surface area (TPSA) is 64.6 Å². The summed E-state index contributed by atoms with van der Waals surface area (Å²) < 4.78 is 11.9. The van der Waals surface area contributed by atoms with Gasteiger partial charge in [0, 0.05) is 30.6 Å². The van der Waals surface area contributed by atoms with E-state index in [9.17, 15) is 4.79 Å². The van der Waals surface area contributed by atoms with E-state index in [0.29, 0.717) is 25.6 Å². The summed E-state index contributed by atoms with van der Waals surface area (Å²) in [6.45, 7) is 1.90. The van der Waals surface area contributed by atoms with Crippen molar-refractivity contribution in [2.45, 2.75) is 24.5 Å². The van der Waals surface area contributed by atoms with Crippen molar-refractivity contribution < 1.29 is 14.3 Å². The molecule has 0 bridgehead atoms. The van der Waals surface area contributed by atoms with Gasteiger partial charge in [-0.25, -0.2) is 4.98 Å². The minimum absolute atomic E-state index is 0.0545. The Hall–Kier alpha value is -1.99. The van der Waals surface area contributed by atoms with Gasteiger partial charge in [0.2, 0.25) is 5.88 Å². The Morgan fingerprint density at radius 3 is 3.09 bits per heavy atom. The third-order valence-corrected chi connectivity index (χ3v) is 4.97. The number of hydrogen-bond donors (Lipinski definition) is 0. The molecular weight excluding hydrogens is 314 g/mol. The van der Waals surface area contributed by atoms with Crippen LogP contribution in [0.2, 0.25) is 0 Å². The highest BCUT2D eigenvalue weighted by Crippen LogP contribution is 2.36. The monoisotopic (exact) mass is 331 g/mol. The van der Waals surface area contributed by atoms with Crippen molar-refractivity contribution >= 4 is 17.2 Å². The fraction of sp³-hybridized carbons (Fsp3) is 0.438. The summed E-state index contributed by atoms with van der Waals surface area (Å²) in [6, 6.07) is 1.86. The highest BCUT2D eigenvalue weighted by Gasteiger charge is 2.50. The molecule has 2 fully saturated rings. The fourth-order valence-corrected chi connectivity index (χ4v) is 3.81. The molecule has 1 atom stereocenters. The average Bonchev–Trinajstić information content (AvgIpc) is 3.07. The van der Waals surface area contributed by atoms with Gasteiger partial charge >= 0.3 is 0 Å². The van der Waals surface area contributed by atoms with Crippen molar-refractivity contribution in [3.8, 4) is 5.88 Å². The van der Waals surface area contributed by atoms with Gasteiger partial charge in [0.1, 0.15) is 11.7 Å². The number of likely N-dealkylation sites (tertiary alicyclic amines) is 1. The van der Waals surface area contributed by atoms with Crippen molar-refractivity contribution in [1.29, 1.82) is 0 Å². The molecule has 0 unspecified atom stereocenters. The lowest BCUT2D eigenvalue weighted by atomic mass is 9.84. The number of carbonyl (C=O) groups excluding carboxylic acids is 1. The second-order valence-corrected chi connectivity index (χ2v) is 6.76. The van der Waals surface area contributed by atoms with E-state index < -0.39 is 0 Å². The number of rotatable bonds is 3. The van der Waals surface area contributed by atoms with Gasteiger partial charge in [0.05, 0.1) is 31.5 Å². The maximum atomic E-state index is 12.3. The Balaban J connectivity index is 1.36. The van der Waals surface area contributed by atoms with Crippen LogP contribution in [0.15, 0.2) is 35.4 Å². The first-order valence-electron chi connectivity index (χ1n) is 7.62. The van der Waals surface area contributed by atoms with E-state index in [1.807, 2.05) is 21.7 Å². The van der Waals surface area contributed by atoms with E-state index in [1.165, 1.54) is 11.3 Å². The van der Waals surface area contributed by atoms with E-state index in [2.05, 4.69) is 9.97 Å². The van der Waals surface area contributed by atoms with Crippen LogP contribution in [0.5, 0.6) is 5.88 Å². The Morgan fingerprint density at radius 1 is 1.43 bits per heavy atom. The second kappa shape index (κ2) is 5.90. The van der Waals surface area contributed by atoms with Crippen LogP contribution in [-0.4, -0.2) is 52.2 Å². The first-order valence-corrected chi connectivity index (χ1v) is 8.57. The predicted octanol–water partition coefficient (Wildman–Crippen LogP) is 1.99. The number of aromatic nitrogens is 2. The van der Waals surface area contributed by atoms with E-state index in [4.69, 9.17) is 9.47 Å². The number of ether oxygens (including phenoxy) is 2. The molecule has 2 aliphatic heterocycles. The molecule has 120 valence electrons. The molecule has 0 saturated carbocycles. The normalized spacial score (nSPS) is 22.6. The minimum Gasteiger partial charge on any atom is -0.473 e. The third kappa shape index (κ3) is 2.94. The number of amides is 1. The molecule has 0 aromatic carbocycles. The van der Waals surface area contributed by atoms with Crippen molar-refractivity contribution in [2.24, 2.45) is 0 Å². The summed E-state index contributed by atoms with van der Waals surface area (Å²) in [4.78, 5) is 22.3. The minimum atomic E-state index is -0.267. The quantitative estimate of drug-likeness (QED) is 0.860.